The van der Waals surface area contributed by atoms with Gasteiger partial charge in [-0.05, 0) is 29.8 Å². The Balaban J connectivity index is 2.13. The second kappa shape index (κ2) is 5.18. The van der Waals surface area contributed by atoms with Gasteiger partial charge in [0.15, 0.2) is 15.1 Å². The van der Waals surface area contributed by atoms with E-state index in [2.05, 4.69) is 5.32 Å². The lowest BCUT2D eigenvalue weighted by atomic mass is 10.0. The predicted octanol–water partition coefficient (Wildman–Crippen LogP) is 2.39. The van der Waals surface area contributed by atoms with Gasteiger partial charge in [0.2, 0.25) is 0 Å². The van der Waals surface area contributed by atoms with Crippen LogP contribution in [-0.4, -0.2) is 13.7 Å². The smallest absolute Gasteiger partial charge is 0.199 e. The van der Waals surface area contributed by atoms with Crippen molar-refractivity contribution in [1.29, 1.82) is 10.5 Å². The highest BCUT2D eigenvalue weighted by Crippen LogP contribution is 2.38. The summed E-state index contributed by atoms with van der Waals surface area (Å²) < 4.78 is 25.3. The Morgan fingerprint density at radius 1 is 1.00 bits per heavy atom. The van der Waals surface area contributed by atoms with Crippen LogP contribution in [0.25, 0.3) is 0 Å². The van der Waals surface area contributed by atoms with Crippen molar-refractivity contribution in [3.8, 4) is 12.1 Å². The molecule has 0 aromatic heterocycles. The number of sulfone groups is 1. The van der Waals surface area contributed by atoms with E-state index in [0.29, 0.717) is 16.8 Å². The number of benzene rings is 2. The van der Waals surface area contributed by atoms with Gasteiger partial charge in [0.1, 0.15) is 0 Å². The summed E-state index contributed by atoms with van der Waals surface area (Å²) in [5.74, 6) is 0. The molecule has 0 bridgehead atoms. The van der Waals surface area contributed by atoms with Crippen LogP contribution in [0.4, 0.5) is 5.69 Å². The quantitative estimate of drug-likeness (QED) is 0.873. The van der Waals surface area contributed by atoms with Crippen molar-refractivity contribution < 1.29 is 8.42 Å². The third-order valence-electron chi connectivity index (χ3n) is 3.67. The van der Waals surface area contributed by atoms with Gasteiger partial charge in [-0.15, -0.1) is 0 Å². The molecule has 3 rings (SSSR count). The first-order valence-corrected chi connectivity index (χ1v) is 8.11. The fraction of sp³-hybridized carbons (Fsp3) is 0.125. The average molecular weight is 309 g/mol. The molecule has 0 aliphatic carbocycles. The third-order valence-corrected chi connectivity index (χ3v) is 5.68. The van der Waals surface area contributed by atoms with Gasteiger partial charge in [-0.2, -0.15) is 10.5 Å². The number of fused-ring (bicyclic) bond motifs is 1. The van der Waals surface area contributed by atoms with E-state index >= 15 is 0 Å². The van der Waals surface area contributed by atoms with E-state index in [4.69, 9.17) is 5.26 Å². The zero-order valence-corrected chi connectivity index (χ0v) is 12.2. The summed E-state index contributed by atoms with van der Waals surface area (Å²) in [6.45, 7) is 0. The zero-order valence-electron chi connectivity index (χ0n) is 11.4. The maximum atomic E-state index is 12.6. The van der Waals surface area contributed by atoms with Gasteiger partial charge in [-0.25, -0.2) is 8.42 Å². The van der Waals surface area contributed by atoms with Crippen LogP contribution in [0.3, 0.4) is 0 Å². The molecule has 108 valence electrons. The molecule has 1 N–H and O–H groups in total. The van der Waals surface area contributed by atoms with Crippen LogP contribution >= 0.6 is 0 Å². The number of para-hydroxylation sites is 1. The van der Waals surface area contributed by atoms with E-state index in [1.54, 1.807) is 42.5 Å². The molecule has 2 unspecified atom stereocenters. The topological polar surface area (TPSA) is 93.8 Å². The average Bonchev–Trinajstić information content (AvgIpc) is 2.54. The van der Waals surface area contributed by atoms with Crippen molar-refractivity contribution in [1.82, 2.24) is 0 Å². The minimum atomic E-state index is -3.73. The van der Waals surface area contributed by atoms with Crippen LogP contribution in [0.5, 0.6) is 0 Å². The number of hydrogen-bond donors (Lipinski definition) is 1. The highest BCUT2D eigenvalue weighted by atomic mass is 32.2. The van der Waals surface area contributed by atoms with Crippen LogP contribution in [-0.2, 0) is 9.84 Å². The molecule has 6 heteroatoms. The Morgan fingerprint density at radius 2 is 1.68 bits per heavy atom. The van der Waals surface area contributed by atoms with Gasteiger partial charge in [0, 0.05) is 0 Å². The summed E-state index contributed by atoms with van der Waals surface area (Å²) in [7, 11) is -3.73. The molecule has 22 heavy (non-hydrogen) atoms. The summed E-state index contributed by atoms with van der Waals surface area (Å²) in [6, 6.07) is 16.3. The molecule has 0 fully saturated rings. The van der Waals surface area contributed by atoms with Crippen molar-refractivity contribution in [2.24, 2.45) is 0 Å². The maximum absolute atomic E-state index is 12.6. The Hall–Kier alpha value is -2.83. The zero-order chi connectivity index (χ0) is 15.7. The normalized spacial score (nSPS) is 21.7. The number of nitrogens with zero attached hydrogens (tertiary/aromatic N) is 2. The highest BCUT2D eigenvalue weighted by molar-refractivity contribution is 7.92. The fourth-order valence-corrected chi connectivity index (χ4v) is 4.26. The number of anilines is 1. The van der Waals surface area contributed by atoms with Crippen molar-refractivity contribution >= 4 is 15.5 Å². The molecule has 0 amide bonds. The van der Waals surface area contributed by atoms with Crippen LogP contribution in [0.15, 0.2) is 53.4 Å². The van der Waals surface area contributed by atoms with Crippen molar-refractivity contribution in [2.45, 2.75) is 16.2 Å². The van der Waals surface area contributed by atoms with E-state index in [-0.39, 0.29) is 4.90 Å². The SMILES string of the molecule is N#Cc1ccc(C2Nc3ccccc3S(=O)(=O)C2C#N)cc1. The predicted molar refractivity (Wildman–Crippen MR) is 80.5 cm³/mol. The number of rotatable bonds is 1. The van der Waals surface area contributed by atoms with Crippen LogP contribution in [0, 0.1) is 22.7 Å². The first-order valence-electron chi connectivity index (χ1n) is 6.57. The van der Waals surface area contributed by atoms with Gasteiger partial charge in [0.25, 0.3) is 0 Å². The number of hydrogen-bond acceptors (Lipinski definition) is 5. The summed E-state index contributed by atoms with van der Waals surface area (Å²) in [4.78, 5) is 0.145. The molecular formula is C16H11N3O2S. The fourth-order valence-electron chi connectivity index (χ4n) is 2.56. The monoisotopic (exact) mass is 309 g/mol. The van der Waals surface area contributed by atoms with Crippen LogP contribution in [0.2, 0.25) is 0 Å². The van der Waals surface area contributed by atoms with Crippen LogP contribution in [0.1, 0.15) is 17.2 Å². The highest BCUT2D eigenvalue weighted by Gasteiger charge is 2.41. The van der Waals surface area contributed by atoms with Crippen molar-refractivity contribution in [2.75, 3.05) is 5.32 Å². The molecule has 2 atom stereocenters. The van der Waals surface area contributed by atoms with Gasteiger partial charge in [0.05, 0.1) is 34.3 Å². The summed E-state index contributed by atoms with van der Waals surface area (Å²) in [6.07, 6.45) is 0. The van der Waals surface area contributed by atoms with E-state index in [1.807, 2.05) is 12.1 Å². The summed E-state index contributed by atoms with van der Waals surface area (Å²) in [5, 5.41) is 20.1. The Morgan fingerprint density at radius 3 is 2.32 bits per heavy atom. The molecule has 0 spiro atoms. The number of nitriles is 2. The minimum Gasteiger partial charge on any atom is -0.375 e. The first-order chi connectivity index (χ1) is 10.6. The molecule has 0 saturated carbocycles. The molecule has 2 aromatic carbocycles. The molecule has 2 aromatic rings. The van der Waals surface area contributed by atoms with E-state index < -0.39 is 21.1 Å². The van der Waals surface area contributed by atoms with E-state index in [0.717, 1.165) is 0 Å². The van der Waals surface area contributed by atoms with E-state index in [9.17, 15) is 13.7 Å². The lowest BCUT2D eigenvalue weighted by Gasteiger charge is -2.31. The molecule has 1 aliphatic heterocycles. The lowest BCUT2D eigenvalue weighted by Crippen LogP contribution is -2.36. The van der Waals surface area contributed by atoms with Gasteiger partial charge >= 0.3 is 0 Å². The molecule has 1 aliphatic rings. The Bertz CT molecular complexity index is 906. The molecule has 0 saturated heterocycles. The standard InChI is InChI=1S/C16H11N3O2S/c17-9-11-5-7-12(8-6-11)16-15(10-18)22(20,21)14-4-2-1-3-13(14)19-16/h1-8,15-16,19H. The molecule has 0 radical (unpaired) electrons. The first kappa shape index (κ1) is 14.1. The molecule has 1 heterocycles. The lowest BCUT2D eigenvalue weighted by molar-refractivity contribution is 0.576. The Kier molecular flexibility index (Phi) is 3.32. The second-order valence-corrected chi connectivity index (χ2v) is 6.98. The van der Waals surface area contributed by atoms with E-state index in [1.165, 1.54) is 6.07 Å². The van der Waals surface area contributed by atoms with Crippen LogP contribution < -0.4 is 5.32 Å². The Labute approximate surface area is 128 Å². The minimum absolute atomic E-state index is 0.145. The number of nitrogens with one attached hydrogen (secondary N) is 1. The summed E-state index contributed by atoms with van der Waals surface area (Å²) in [5.41, 5.74) is 1.63. The molecule has 5 nitrogen and oxygen atoms in total. The van der Waals surface area contributed by atoms with Crippen molar-refractivity contribution in [3.63, 3.8) is 0 Å². The van der Waals surface area contributed by atoms with Gasteiger partial charge < -0.3 is 5.32 Å². The second-order valence-electron chi connectivity index (χ2n) is 4.95. The summed E-state index contributed by atoms with van der Waals surface area (Å²) >= 11 is 0. The van der Waals surface area contributed by atoms with Crippen molar-refractivity contribution in [3.05, 3.63) is 59.7 Å². The largest absolute Gasteiger partial charge is 0.375 e. The van der Waals surface area contributed by atoms with Gasteiger partial charge in [-0.1, -0.05) is 24.3 Å². The third kappa shape index (κ3) is 2.11. The van der Waals surface area contributed by atoms with Gasteiger partial charge in [-0.3, -0.25) is 0 Å². The maximum Gasteiger partial charge on any atom is 0.199 e. The molecular weight excluding hydrogens is 298 g/mol.